The Morgan fingerprint density at radius 1 is 0.913 bits per heavy atom. The lowest BCUT2D eigenvalue weighted by Gasteiger charge is -2.15. The van der Waals surface area contributed by atoms with Crippen molar-refractivity contribution in [1.29, 1.82) is 0 Å². The lowest BCUT2D eigenvalue weighted by molar-refractivity contribution is 0.871. The summed E-state index contributed by atoms with van der Waals surface area (Å²) in [6.45, 7) is 2.71. The summed E-state index contributed by atoms with van der Waals surface area (Å²) in [4.78, 5) is 13.0. The van der Waals surface area contributed by atoms with Crippen LogP contribution in [0.2, 0.25) is 0 Å². The van der Waals surface area contributed by atoms with Gasteiger partial charge in [-0.25, -0.2) is 4.98 Å². The quantitative estimate of drug-likeness (QED) is 0.727. The number of rotatable bonds is 6. The molecule has 23 heavy (non-hydrogen) atoms. The molecule has 5 heteroatoms. The standard InChI is InChI=1S/C18H19N5/c1-14(15-7-3-2-4-8-15)22-17-10-12-20-18(23-17)21-13-16-9-5-6-11-19-16/h2-12,14H,13H2,1H3,(H2,20,21,22,23). The Balaban J connectivity index is 1.63. The van der Waals surface area contributed by atoms with Crippen LogP contribution in [-0.2, 0) is 6.54 Å². The third-order valence-corrected chi connectivity index (χ3v) is 3.47. The van der Waals surface area contributed by atoms with Gasteiger partial charge in [-0.15, -0.1) is 0 Å². The van der Waals surface area contributed by atoms with Crippen molar-refractivity contribution in [2.24, 2.45) is 0 Å². The van der Waals surface area contributed by atoms with Crippen molar-refractivity contribution in [2.45, 2.75) is 19.5 Å². The SMILES string of the molecule is CC(Nc1ccnc(NCc2ccccn2)n1)c1ccccc1. The van der Waals surface area contributed by atoms with Crippen molar-refractivity contribution in [3.63, 3.8) is 0 Å². The van der Waals surface area contributed by atoms with Gasteiger partial charge in [-0.05, 0) is 30.7 Å². The fourth-order valence-corrected chi connectivity index (χ4v) is 2.24. The Bertz CT molecular complexity index is 731. The highest BCUT2D eigenvalue weighted by Crippen LogP contribution is 2.17. The zero-order valence-corrected chi connectivity index (χ0v) is 13.0. The van der Waals surface area contributed by atoms with Gasteiger partial charge in [0.05, 0.1) is 12.2 Å². The maximum atomic E-state index is 4.49. The number of hydrogen-bond donors (Lipinski definition) is 2. The number of benzene rings is 1. The van der Waals surface area contributed by atoms with Gasteiger partial charge in [0.1, 0.15) is 5.82 Å². The smallest absolute Gasteiger partial charge is 0.224 e. The van der Waals surface area contributed by atoms with E-state index in [1.54, 1.807) is 12.4 Å². The molecule has 0 aliphatic heterocycles. The summed E-state index contributed by atoms with van der Waals surface area (Å²) in [6, 6.07) is 18.1. The first kappa shape index (κ1) is 15.0. The van der Waals surface area contributed by atoms with Crippen LogP contribution in [0.4, 0.5) is 11.8 Å². The third kappa shape index (κ3) is 4.26. The molecule has 3 aromatic rings. The predicted octanol–water partition coefficient (Wildman–Crippen LogP) is 3.66. The molecule has 3 rings (SSSR count). The fourth-order valence-electron chi connectivity index (χ4n) is 2.24. The van der Waals surface area contributed by atoms with Crippen LogP contribution in [0, 0.1) is 0 Å². The molecule has 5 nitrogen and oxygen atoms in total. The Hall–Kier alpha value is -2.95. The summed E-state index contributed by atoms with van der Waals surface area (Å²) in [5, 5.41) is 6.58. The van der Waals surface area contributed by atoms with Crippen LogP contribution in [0.25, 0.3) is 0 Å². The molecule has 2 heterocycles. The average Bonchev–Trinajstić information content (AvgIpc) is 2.62. The van der Waals surface area contributed by atoms with Gasteiger partial charge in [-0.1, -0.05) is 36.4 Å². The minimum Gasteiger partial charge on any atom is -0.363 e. The molecule has 0 aliphatic rings. The fraction of sp³-hybridized carbons (Fsp3) is 0.167. The number of pyridine rings is 1. The number of hydrogen-bond acceptors (Lipinski definition) is 5. The van der Waals surface area contributed by atoms with E-state index in [9.17, 15) is 0 Å². The van der Waals surface area contributed by atoms with E-state index in [4.69, 9.17) is 0 Å². The second-order valence-corrected chi connectivity index (χ2v) is 5.22. The molecule has 2 N–H and O–H groups in total. The first-order chi connectivity index (χ1) is 11.3. The van der Waals surface area contributed by atoms with E-state index in [1.165, 1.54) is 5.56 Å². The third-order valence-electron chi connectivity index (χ3n) is 3.47. The van der Waals surface area contributed by atoms with Crippen molar-refractivity contribution in [3.05, 3.63) is 78.2 Å². The molecular weight excluding hydrogens is 286 g/mol. The van der Waals surface area contributed by atoms with E-state index >= 15 is 0 Å². The van der Waals surface area contributed by atoms with Crippen LogP contribution in [0.3, 0.4) is 0 Å². The van der Waals surface area contributed by atoms with Gasteiger partial charge < -0.3 is 10.6 Å². The topological polar surface area (TPSA) is 62.7 Å². The van der Waals surface area contributed by atoms with E-state index in [-0.39, 0.29) is 6.04 Å². The van der Waals surface area contributed by atoms with Gasteiger partial charge in [-0.3, -0.25) is 4.98 Å². The maximum absolute atomic E-state index is 4.49. The van der Waals surface area contributed by atoms with E-state index < -0.39 is 0 Å². The first-order valence-corrected chi connectivity index (χ1v) is 7.59. The summed E-state index contributed by atoms with van der Waals surface area (Å²) in [6.07, 6.45) is 3.52. The number of aromatic nitrogens is 3. The second kappa shape index (κ2) is 7.35. The lowest BCUT2D eigenvalue weighted by Crippen LogP contribution is -2.10. The summed E-state index contributed by atoms with van der Waals surface area (Å²) in [5.74, 6) is 1.38. The Kier molecular flexibility index (Phi) is 4.79. The average molecular weight is 305 g/mol. The number of anilines is 2. The second-order valence-electron chi connectivity index (χ2n) is 5.22. The summed E-state index contributed by atoms with van der Waals surface area (Å²) < 4.78 is 0. The summed E-state index contributed by atoms with van der Waals surface area (Å²) in [7, 11) is 0. The molecule has 0 saturated carbocycles. The predicted molar refractivity (Wildman–Crippen MR) is 92.1 cm³/mol. The van der Waals surface area contributed by atoms with E-state index in [0.717, 1.165) is 11.5 Å². The number of nitrogens with zero attached hydrogens (tertiary/aromatic N) is 3. The molecule has 1 aromatic carbocycles. The van der Waals surface area contributed by atoms with Crippen LogP contribution < -0.4 is 10.6 Å². The highest BCUT2D eigenvalue weighted by Gasteiger charge is 2.06. The zero-order chi connectivity index (χ0) is 15.9. The van der Waals surface area contributed by atoms with Crippen LogP contribution in [0.1, 0.15) is 24.2 Å². The monoisotopic (exact) mass is 305 g/mol. The summed E-state index contributed by atoms with van der Waals surface area (Å²) >= 11 is 0. The van der Waals surface area contributed by atoms with Crippen molar-refractivity contribution < 1.29 is 0 Å². The highest BCUT2D eigenvalue weighted by atomic mass is 15.1. The van der Waals surface area contributed by atoms with E-state index in [1.807, 2.05) is 42.5 Å². The summed E-state index contributed by atoms with van der Waals surface area (Å²) in [5.41, 5.74) is 2.17. The van der Waals surface area contributed by atoms with Crippen molar-refractivity contribution in [1.82, 2.24) is 15.0 Å². The van der Waals surface area contributed by atoms with Crippen LogP contribution in [-0.4, -0.2) is 15.0 Å². The Labute approximate surface area is 135 Å². The molecule has 1 unspecified atom stereocenters. The van der Waals surface area contributed by atoms with Gasteiger partial charge in [0.15, 0.2) is 0 Å². The molecule has 2 aromatic heterocycles. The van der Waals surface area contributed by atoms with Crippen LogP contribution in [0.5, 0.6) is 0 Å². The van der Waals surface area contributed by atoms with Gasteiger partial charge in [0, 0.05) is 18.4 Å². The molecule has 0 fully saturated rings. The first-order valence-electron chi connectivity index (χ1n) is 7.59. The highest BCUT2D eigenvalue weighted by molar-refractivity contribution is 5.42. The number of nitrogens with one attached hydrogen (secondary N) is 2. The van der Waals surface area contributed by atoms with Crippen LogP contribution >= 0.6 is 0 Å². The van der Waals surface area contributed by atoms with Crippen molar-refractivity contribution >= 4 is 11.8 Å². The molecule has 0 aliphatic carbocycles. The molecule has 0 spiro atoms. The minimum absolute atomic E-state index is 0.176. The lowest BCUT2D eigenvalue weighted by atomic mass is 10.1. The van der Waals surface area contributed by atoms with Crippen molar-refractivity contribution in [3.8, 4) is 0 Å². The molecule has 0 saturated heterocycles. The Morgan fingerprint density at radius 2 is 1.74 bits per heavy atom. The molecule has 0 radical (unpaired) electrons. The van der Waals surface area contributed by atoms with E-state index in [2.05, 4.69) is 44.6 Å². The zero-order valence-electron chi connectivity index (χ0n) is 13.0. The molecule has 0 amide bonds. The van der Waals surface area contributed by atoms with Crippen LogP contribution in [0.15, 0.2) is 67.0 Å². The minimum atomic E-state index is 0.176. The van der Waals surface area contributed by atoms with Gasteiger partial charge in [-0.2, -0.15) is 4.98 Å². The molecule has 0 bridgehead atoms. The van der Waals surface area contributed by atoms with Gasteiger partial charge in [0.2, 0.25) is 5.95 Å². The van der Waals surface area contributed by atoms with Gasteiger partial charge in [0.25, 0.3) is 0 Å². The molecular formula is C18H19N5. The normalized spacial score (nSPS) is 11.7. The van der Waals surface area contributed by atoms with Crippen molar-refractivity contribution in [2.75, 3.05) is 10.6 Å². The molecule has 116 valence electrons. The molecule has 1 atom stereocenters. The van der Waals surface area contributed by atoms with Gasteiger partial charge >= 0.3 is 0 Å². The van der Waals surface area contributed by atoms with E-state index in [0.29, 0.717) is 12.5 Å². The maximum Gasteiger partial charge on any atom is 0.224 e. The largest absolute Gasteiger partial charge is 0.363 e. The Morgan fingerprint density at radius 3 is 2.52 bits per heavy atom.